The van der Waals surface area contributed by atoms with E-state index < -0.39 is 0 Å². The van der Waals surface area contributed by atoms with Crippen LogP contribution >= 0.6 is 0 Å². The molecule has 29 heavy (non-hydrogen) atoms. The van der Waals surface area contributed by atoms with Crippen LogP contribution in [0.25, 0.3) is 10.9 Å². The molecule has 0 saturated heterocycles. The molecule has 0 bridgehead atoms. The number of thiol groups is 1. The fourth-order valence-electron chi connectivity index (χ4n) is 2.83. The first kappa shape index (κ1) is 18.8. The summed E-state index contributed by atoms with van der Waals surface area (Å²) in [7, 11) is 1.58. The normalized spacial score (nSPS) is 12.7. The smallest absolute Gasteiger partial charge is 0.178 e. The van der Waals surface area contributed by atoms with Gasteiger partial charge < -0.3 is 22.8 Å². The summed E-state index contributed by atoms with van der Waals surface area (Å²) in [4.78, 5) is 8.65. The highest BCUT2D eigenvalue weighted by molar-refractivity contribution is 7.54. The third-order valence-corrected chi connectivity index (χ3v) is 4.49. The van der Waals surface area contributed by atoms with Gasteiger partial charge >= 0.3 is 0 Å². The van der Waals surface area contributed by atoms with E-state index in [0.29, 0.717) is 41.9 Å². The number of anilines is 1. The van der Waals surface area contributed by atoms with Gasteiger partial charge in [-0.1, -0.05) is 12.1 Å². The molecule has 0 atom stereocenters. The van der Waals surface area contributed by atoms with Crippen LogP contribution < -0.4 is 14.9 Å². The minimum absolute atomic E-state index is 0.276. The second kappa shape index (κ2) is 8.65. The van der Waals surface area contributed by atoms with E-state index in [1.165, 1.54) is 6.33 Å². The van der Waals surface area contributed by atoms with Gasteiger partial charge in [0.2, 0.25) is 0 Å². The average Bonchev–Trinajstić information content (AvgIpc) is 3.25. The Kier molecular flexibility index (Phi) is 5.61. The molecule has 0 spiro atoms. The first-order valence-corrected chi connectivity index (χ1v) is 9.43. The summed E-state index contributed by atoms with van der Waals surface area (Å²) in [5.74, 6) is 1.74. The Labute approximate surface area is 170 Å². The Balaban J connectivity index is 1.60. The first-order valence-electron chi connectivity index (χ1n) is 8.66. The fraction of sp³-hybridized carbons (Fsp3) is 0.158. The molecule has 1 aliphatic heterocycles. The van der Waals surface area contributed by atoms with Gasteiger partial charge in [-0.05, 0) is 23.8 Å². The predicted molar refractivity (Wildman–Crippen MR) is 109 cm³/mol. The van der Waals surface area contributed by atoms with Crippen LogP contribution in [0.5, 0.6) is 11.5 Å². The van der Waals surface area contributed by atoms with Gasteiger partial charge in [-0.15, -0.1) is 0 Å². The quantitative estimate of drug-likeness (QED) is 0.466. The Bertz CT molecular complexity index is 1120. The van der Waals surface area contributed by atoms with Crippen LogP contribution in [0.3, 0.4) is 0 Å². The van der Waals surface area contributed by atoms with E-state index in [0.717, 1.165) is 10.9 Å². The number of fused-ring (bicyclic) bond motifs is 1. The van der Waals surface area contributed by atoms with Crippen molar-refractivity contribution in [3.8, 4) is 11.5 Å². The summed E-state index contributed by atoms with van der Waals surface area (Å²) in [5.41, 5.74) is 5.39. The summed E-state index contributed by atoms with van der Waals surface area (Å²) in [6, 6.07) is 11.0. The van der Waals surface area contributed by atoms with Crippen molar-refractivity contribution in [2.24, 2.45) is 4.36 Å². The highest BCUT2D eigenvalue weighted by atomic mass is 32.1. The average molecular weight is 412 g/mol. The number of hydrogen-bond acceptors (Lipinski definition) is 10. The molecule has 0 saturated carbocycles. The Hall–Kier alpha value is -3.53. The molecule has 1 aromatic heterocycles. The molecule has 0 fully saturated rings. The van der Waals surface area contributed by atoms with E-state index in [-0.39, 0.29) is 11.5 Å². The van der Waals surface area contributed by atoms with E-state index >= 15 is 0 Å². The molecular formula is C19H18N5O4S-. The molecule has 0 amide bonds. The van der Waals surface area contributed by atoms with Crippen molar-refractivity contribution in [1.29, 1.82) is 0 Å². The van der Waals surface area contributed by atoms with Crippen molar-refractivity contribution >= 4 is 33.9 Å². The maximum atomic E-state index is 10.7. The van der Waals surface area contributed by atoms with Gasteiger partial charge in [0.25, 0.3) is 0 Å². The van der Waals surface area contributed by atoms with Crippen LogP contribution in [-0.4, -0.2) is 28.8 Å². The third-order valence-electron chi connectivity index (χ3n) is 4.18. The molecule has 0 aliphatic carbocycles. The van der Waals surface area contributed by atoms with Gasteiger partial charge in [0.15, 0.2) is 24.0 Å². The zero-order valence-corrected chi connectivity index (χ0v) is 16.4. The fourth-order valence-corrected chi connectivity index (χ4v) is 3.05. The molecule has 1 N–H and O–H groups in total. The lowest BCUT2D eigenvalue weighted by Crippen LogP contribution is -2.23. The van der Waals surface area contributed by atoms with Crippen LogP contribution in [-0.2, 0) is 27.0 Å². The maximum Gasteiger partial charge on any atom is 0.178 e. The van der Waals surface area contributed by atoms with E-state index in [2.05, 4.69) is 19.8 Å². The Morgan fingerprint density at radius 2 is 2.21 bits per heavy atom. The lowest BCUT2D eigenvalue weighted by Gasteiger charge is -2.18. The highest BCUT2D eigenvalue weighted by Gasteiger charge is 2.14. The van der Waals surface area contributed by atoms with Gasteiger partial charge in [0.05, 0.1) is 18.8 Å². The number of aromatic nitrogens is 2. The lowest BCUT2D eigenvalue weighted by atomic mass is 10.2. The number of ether oxygens (including phenoxy) is 3. The Morgan fingerprint density at radius 1 is 1.28 bits per heavy atom. The largest absolute Gasteiger partial charge is 0.493 e. The topological polar surface area (TPSA) is 98.2 Å². The van der Waals surface area contributed by atoms with Crippen molar-refractivity contribution < 1.29 is 18.4 Å². The van der Waals surface area contributed by atoms with Crippen molar-refractivity contribution in [2.45, 2.75) is 6.61 Å². The second-order valence-electron chi connectivity index (χ2n) is 6.05. The van der Waals surface area contributed by atoms with E-state index in [1.807, 2.05) is 30.3 Å². The molecule has 150 valence electrons. The van der Waals surface area contributed by atoms with Crippen molar-refractivity contribution in [1.82, 2.24) is 15.0 Å². The van der Waals surface area contributed by atoms with Crippen molar-refractivity contribution in [3.05, 3.63) is 60.8 Å². The number of nitrogens with zero attached hydrogens (tertiary/aromatic N) is 4. The molecule has 4 rings (SSSR count). The monoisotopic (exact) mass is 412 g/mol. The highest BCUT2D eigenvalue weighted by Crippen LogP contribution is 2.34. The molecule has 3 aromatic rings. The van der Waals surface area contributed by atoms with Crippen molar-refractivity contribution in [3.63, 3.8) is 0 Å². The maximum absolute atomic E-state index is 10.7. The molecule has 10 heteroatoms. The number of methoxy groups -OCH3 is 1. The van der Waals surface area contributed by atoms with Crippen LogP contribution in [0.1, 0.15) is 5.56 Å². The molecule has 0 unspecified atom stereocenters. The van der Waals surface area contributed by atoms with Crippen LogP contribution in [0.2, 0.25) is 0 Å². The van der Waals surface area contributed by atoms with E-state index in [1.54, 1.807) is 30.6 Å². The minimum Gasteiger partial charge on any atom is -0.493 e. The van der Waals surface area contributed by atoms with Gasteiger partial charge in [0, 0.05) is 17.1 Å². The molecule has 1 aliphatic rings. The number of rotatable bonds is 7. The number of benzene rings is 2. The summed E-state index contributed by atoms with van der Waals surface area (Å²) in [6.07, 6.45) is 4.85. The summed E-state index contributed by atoms with van der Waals surface area (Å²) < 4.78 is 31.1. The first-order chi connectivity index (χ1) is 14.3. The van der Waals surface area contributed by atoms with Gasteiger partial charge in [-0.25, -0.2) is 9.97 Å². The van der Waals surface area contributed by atoms with E-state index in [4.69, 9.17) is 14.2 Å². The number of hydrogen-bond donors (Lipinski definition) is 1. The molecule has 2 heterocycles. The number of nitrogens with one attached hydrogen (secondary N) is 1. The lowest BCUT2D eigenvalue weighted by molar-refractivity contribution is 0.190. The summed E-state index contributed by atoms with van der Waals surface area (Å²) >= 11 is -0.276. The second-order valence-corrected chi connectivity index (χ2v) is 6.41. The van der Waals surface area contributed by atoms with Gasteiger partial charge in [-0.2, -0.15) is 11.5 Å². The molecule has 9 nitrogen and oxygen atoms in total. The molecule has 0 radical (unpaired) electrons. The van der Waals surface area contributed by atoms with Crippen LogP contribution in [0, 0.1) is 0 Å². The van der Waals surface area contributed by atoms with Crippen LogP contribution in [0.4, 0.5) is 11.5 Å². The Morgan fingerprint density at radius 3 is 3.00 bits per heavy atom. The van der Waals surface area contributed by atoms with Crippen LogP contribution in [0.15, 0.2) is 59.6 Å². The predicted octanol–water partition coefficient (Wildman–Crippen LogP) is 3.28. The van der Waals surface area contributed by atoms with Crippen molar-refractivity contribution in [2.75, 3.05) is 19.3 Å². The zero-order chi connectivity index (χ0) is 20.1. The van der Waals surface area contributed by atoms with Gasteiger partial charge in [0.1, 0.15) is 19.2 Å². The van der Waals surface area contributed by atoms with E-state index in [9.17, 15) is 4.21 Å². The summed E-state index contributed by atoms with van der Waals surface area (Å²) in [5, 5.41) is 2.55. The third kappa shape index (κ3) is 4.32. The standard InChI is InChI=1S/C19H18N5O4S/c1-26-17-8-15-16(20-11-21-19(15)22-24-5-6-27-12-24)9-18(17)28-10-13-3-2-4-14(7-13)23-29-25/h2-9,11,29H,10,12H2,1H3,(H,20,21,22)/q-1. The van der Waals surface area contributed by atoms with Gasteiger partial charge in [-0.3, -0.25) is 10.4 Å². The number of hydrazine groups is 1. The molecular weight excluding hydrogens is 394 g/mol. The zero-order valence-electron chi connectivity index (χ0n) is 15.5. The summed E-state index contributed by atoms with van der Waals surface area (Å²) in [6.45, 7) is 0.689. The molecule has 2 aromatic carbocycles. The minimum atomic E-state index is -0.276. The SMILES string of the molecule is COc1cc2c(NN3C=COC3)ncnc2cc1OCc1cccc(N=[SH-]=O)c1.